The van der Waals surface area contributed by atoms with Gasteiger partial charge in [-0.2, -0.15) is 0 Å². The molecule has 1 amide bonds. The Hall–Kier alpha value is -2.04. The average molecular weight is 357 g/mol. The molecule has 0 atom stereocenters. The largest absolute Gasteiger partial charge is 0.300 e. The zero-order valence-corrected chi connectivity index (χ0v) is 15.0. The number of carbonyl (C=O) groups excluding carboxylic acids is 1. The van der Waals surface area contributed by atoms with Gasteiger partial charge in [0.25, 0.3) is 5.91 Å². The van der Waals surface area contributed by atoms with Gasteiger partial charge < -0.3 is 5.32 Å². The molecule has 0 aromatic heterocycles. The van der Waals surface area contributed by atoms with Gasteiger partial charge in [0.15, 0.2) is 5.17 Å². The molecule has 5 heteroatoms. The first-order valence-corrected chi connectivity index (χ1v) is 8.86. The highest BCUT2D eigenvalue weighted by Crippen LogP contribution is 2.30. The number of para-hydroxylation sites is 1. The lowest BCUT2D eigenvalue weighted by Crippen LogP contribution is -2.19. The van der Waals surface area contributed by atoms with Crippen LogP contribution in [0.5, 0.6) is 0 Å². The molecule has 1 aliphatic heterocycles. The molecule has 0 radical (unpaired) electrons. The number of benzene rings is 2. The van der Waals surface area contributed by atoms with Gasteiger partial charge in [-0.1, -0.05) is 61.8 Å². The van der Waals surface area contributed by atoms with Crippen molar-refractivity contribution in [2.45, 2.75) is 19.8 Å². The van der Waals surface area contributed by atoms with E-state index < -0.39 is 0 Å². The normalized spacial score (nSPS) is 17.8. The zero-order chi connectivity index (χ0) is 17.1. The Morgan fingerprint density at radius 3 is 2.50 bits per heavy atom. The van der Waals surface area contributed by atoms with Crippen LogP contribution in [0.1, 0.15) is 30.9 Å². The predicted octanol–water partition coefficient (Wildman–Crippen LogP) is 5.36. The Morgan fingerprint density at radius 2 is 1.83 bits per heavy atom. The van der Waals surface area contributed by atoms with Crippen molar-refractivity contribution in [3.63, 3.8) is 0 Å². The van der Waals surface area contributed by atoms with Gasteiger partial charge in [-0.05, 0) is 47.0 Å². The summed E-state index contributed by atoms with van der Waals surface area (Å²) in [6.07, 6.45) is 1.87. The number of hydrogen-bond donors (Lipinski definition) is 1. The van der Waals surface area contributed by atoms with Crippen LogP contribution < -0.4 is 5.32 Å². The van der Waals surface area contributed by atoms with E-state index >= 15 is 0 Å². The van der Waals surface area contributed by atoms with Crippen LogP contribution in [-0.2, 0) is 4.79 Å². The van der Waals surface area contributed by atoms with Gasteiger partial charge in [-0.3, -0.25) is 4.79 Å². The summed E-state index contributed by atoms with van der Waals surface area (Å²) in [5, 5.41) is 3.87. The van der Waals surface area contributed by atoms with E-state index in [-0.39, 0.29) is 5.91 Å². The maximum absolute atomic E-state index is 12.1. The minimum absolute atomic E-state index is 0.140. The molecule has 0 spiro atoms. The molecule has 1 N–H and O–H groups in total. The SMILES string of the molecule is CC(C)c1ccc(C=C2SC(=Nc3ccccc3Cl)NC2=O)cc1. The molecule has 3 rings (SSSR count). The molecule has 2 aromatic carbocycles. The first kappa shape index (κ1) is 16.8. The summed E-state index contributed by atoms with van der Waals surface area (Å²) in [5.74, 6) is 0.351. The minimum Gasteiger partial charge on any atom is -0.300 e. The summed E-state index contributed by atoms with van der Waals surface area (Å²) < 4.78 is 0. The number of thioether (sulfide) groups is 1. The van der Waals surface area contributed by atoms with Crippen LogP contribution in [0.15, 0.2) is 58.4 Å². The molecule has 1 aliphatic rings. The number of amides is 1. The summed E-state index contributed by atoms with van der Waals surface area (Å²) in [6, 6.07) is 15.5. The molecule has 2 aromatic rings. The number of nitrogens with one attached hydrogen (secondary N) is 1. The summed E-state index contributed by atoms with van der Waals surface area (Å²) in [5.41, 5.74) is 2.92. The zero-order valence-electron chi connectivity index (χ0n) is 13.4. The molecule has 24 heavy (non-hydrogen) atoms. The van der Waals surface area contributed by atoms with Gasteiger partial charge in [-0.25, -0.2) is 4.99 Å². The smallest absolute Gasteiger partial charge is 0.264 e. The molecule has 0 saturated carbocycles. The third-order valence-electron chi connectivity index (χ3n) is 3.63. The van der Waals surface area contributed by atoms with Gasteiger partial charge in [0.1, 0.15) is 0 Å². The van der Waals surface area contributed by atoms with Crippen LogP contribution in [0.25, 0.3) is 6.08 Å². The van der Waals surface area contributed by atoms with E-state index in [1.54, 1.807) is 6.07 Å². The molecule has 1 fully saturated rings. The number of amidine groups is 1. The first-order valence-electron chi connectivity index (χ1n) is 7.67. The predicted molar refractivity (Wildman–Crippen MR) is 103 cm³/mol. The molecule has 0 unspecified atom stereocenters. The molecule has 0 bridgehead atoms. The van der Waals surface area contributed by atoms with E-state index in [9.17, 15) is 4.79 Å². The highest BCUT2D eigenvalue weighted by molar-refractivity contribution is 8.18. The summed E-state index contributed by atoms with van der Waals surface area (Å²) in [4.78, 5) is 17.2. The van der Waals surface area contributed by atoms with Gasteiger partial charge in [0.05, 0.1) is 15.6 Å². The standard InChI is InChI=1S/C19H17ClN2OS/c1-12(2)14-9-7-13(8-10-14)11-17-18(23)22-19(24-17)21-16-6-4-3-5-15(16)20/h3-12H,1-2H3,(H,21,22,23). The van der Waals surface area contributed by atoms with Gasteiger partial charge >= 0.3 is 0 Å². The van der Waals surface area contributed by atoms with Crippen molar-refractivity contribution in [2.24, 2.45) is 4.99 Å². The summed E-state index contributed by atoms with van der Waals surface area (Å²) in [6.45, 7) is 4.32. The van der Waals surface area contributed by atoms with E-state index in [1.165, 1.54) is 17.3 Å². The molecule has 1 heterocycles. The first-order chi connectivity index (χ1) is 11.5. The Labute approximate surface area is 150 Å². The van der Waals surface area contributed by atoms with Gasteiger partial charge in [0.2, 0.25) is 0 Å². The second kappa shape index (κ2) is 7.24. The van der Waals surface area contributed by atoms with Crippen LogP contribution in [0, 0.1) is 0 Å². The van der Waals surface area contributed by atoms with Crippen molar-refractivity contribution in [1.29, 1.82) is 0 Å². The quantitative estimate of drug-likeness (QED) is 0.752. The lowest BCUT2D eigenvalue weighted by molar-refractivity contribution is -0.115. The van der Waals surface area contributed by atoms with Gasteiger partial charge in [-0.15, -0.1) is 0 Å². The maximum atomic E-state index is 12.1. The number of aliphatic imine (C=N–C) groups is 1. The van der Waals surface area contributed by atoms with Gasteiger partial charge in [0, 0.05) is 0 Å². The highest BCUT2D eigenvalue weighted by atomic mass is 35.5. The lowest BCUT2D eigenvalue weighted by atomic mass is 10.0. The van der Waals surface area contributed by atoms with Crippen LogP contribution in [0.3, 0.4) is 0 Å². The molecule has 1 saturated heterocycles. The Kier molecular flexibility index (Phi) is 5.07. The number of rotatable bonds is 3. The van der Waals surface area contributed by atoms with Crippen LogP contribution in [-0.4, -0.2) is 11.1 Å². The number of hydrogen-bond acceptors (Lipinski definition) is 3. The monoisotopic (exact) mass is 356 g/mol. The molecule has 3 nitrogen and oxygen atoms in total. The van der Waals surface area contributed by atoms with Crippen LogP contribution in [0.2, 0.25) is 5.02 Å². The van der Waals surface area contributed by atoms with Crippen molar-refractivity contribution in [2.75, 3.05) is 0 Å². The Bertz CT molecular complexity index is 826. The van der Waals surface area contributed by atoms with Crippen LogP contribution in [0.4, 0.5) is 5.69 Å². The highest BCUT2D eigenvalue weighted by Gasteiger charge is 2.24. The second-order valence-electron chi connectivity index (χ2n) is 5.75. The third kappa shape index (κ3) is 3.89. The summed E-state index contributed by atoms with van der Waals surface area (Å²) >= 11 is 7.42. The molecule has 0 aliphatic carbocycles. The van der Waals surface area contributed by atoms with Crippen LogP contribution >= 0.6 is 23.4 Å². The van der Waals surface area contributed by atoms with Crippen molar-refractivity contribution >= 4 is 46.2 Å². The Balaban J connectivity index is 1.81. The maximum Gasteiger partial charge on any atom is 0.264 e. The summed E-state index contributed by atoms with van der Waals surface area (Å²) in [7, 11) is 0. The fourth-order valence-corrected chi connectivity index (χ4v) is 3.27. The third-order valence-corrected chi connectivity index (χ3v) is 4.86. The molecular formula is C19H17ClN2OS. The van der Waals surface area contributed by atoms with E-state index in [4.69, 9.17) is 11.6 Å². The van der Waals surface area contributed by atoms with Crippen molar-refractivity contribution in [1.82, 2.24) is 5.32 Å². The molecule has 122 valence electrons. The van der Waals surface area contributed by atoms with E-state index in [0.717, 1.165) is 5.56 Å². The fraction of sp³-hybridized carbons (Fsp3) is 0.158. The topological polar surface area (TPSA) is 41.5 Å². The average Bonchev–Trinajstić information content (AvgIpc) is 2.90. The number of carbonyl (C=O) groups is 1. The second-order valence-corrected chi connectivity index (χ2v) is 7.19. The Morgan fingerprint density at radius 1 is 1.12 bits per heavy atom. The fourth-order valence-electron chi connectivity index (χ4n) is 2.26. The van der Waals surface area contributed by atoms with E-state index in [1.807, 2.05) is 36.4 Å². The molecular weight excluding hydrogens is 340 g/mol. The van der Waals surface area contributed by atoms with Crippen molar-refractivity contribution in [3.8, 4) is 0 Å². The number of nitrogens with zero attached hydrogens (tertiary/aromatic N) is 1. The van der Waals surface area contributed by atoms with Crippen molar-refractivity contribution < 1.29 is 4.79 Å². The van der Waals surface area contributed by atoms with E-state index in [0.29, 0.717) is 26.7 Å². The lowest BCUT2D eigenvalue weighted by Gasteiger charge is -2.04. The van der Waals surface area contributed by atoms with E-state index in [2.05, 4.69) is 36.3 Å². The van der Waals surface area contributed by atoms with Crippen molar-refractivity contribution in [3.05, 3.63) is 69.6 Å². The number of halogens is 1. The minimum atomic E-state index is -0.140.